The van der Waals surface area contributed by atoms with Crippen molar-refractivity contribution >= 4 is 28.4 Å². The second kappa shape index (κ2) is 9.03. The van der Waals surface area contributed by atoms with E-state index in [4.69, 9.17) is 9.47 Å². The number of carbonyl (C=O) groups is 2. The molecule has 0 saturated carbocycles. The van der Waals surface area contributed by atoms with Gasteiger partial charge in [-0.3, -0.25) is 19.3 Å². The molecule has 3 heterocycles. The number of H-pyrrole nitrogens is 1. The molecule has 1 aromatic heterocycles. The molecule has 1 fully saturated rings. The Morgan fingerprint density at radius 3 is 2.82 bits per heavy atom. The van der Waals surface area contributed by atoms with Crippen molar-refractivity contribution < 1.29 is 19.1 Å². The normalized spacial score (nSPS) is 17.6. The van der Waals surface area contributed by atoms with Crippen molar-refractivity contribution in [1.29, 1.82) is 0 Å². The van der Waals surface area contributed by atoms with E-state index in [1.54, 1.807) is 41.3 Å². The molecule has 33 heavy (non-hydrogen) atoms. The Kier molecular flexibility index (Phi) is 5.78. The van der Waals surface area contributed by atoms with E-state index in [0.29, 0.717) is 41.3 Å². The van der Waals surface area contributed by atoms with Gasteiger partial charge in [-0.05, 0) is 37.1 Å². The summed E-state index contributed by atoms with van der Waals surface area (Å²) in [5.41, 5.74) is 0.881. The molecule has 3 aromatic rings. The number of nitrogens with zero attached hydrogens (tertiary/aromatic N) is 3. The van der Waals surface area contributed by atoms with Crippen molar-refractivity contribution in [3.05, 3.63) is 64.7 Å². The Balaban J connectivity index is 1.41. The Labute approximate surface area is 189 Å². The Morgan fingerprint density at radius 2 is 1.97 bits per heavy atom. The average molecular weight is 448 g/mol. The topological polar surface area (TPSA) is 105 Å². The lowest BCUT2D eigenvalue weighted by Crippen LogP contribution is -2.48. The number of hydrogen-bond donors (Lipinski definition) is 1. The molecule has 170 valence electrons. The van der Waals surface area contributed by atoms with E-state index < -0.39 is 0 Å². The number of benzene rings is 2. The Morgan fingerprint density at radius 1 is 1.15 bits per heavy atom. The van der Waals surface area contributed by atoms with Crippen molar-refractivity contribution in [3.8, 4) is 5.75 Å². The number of amides is 2. The van der Waals surface area contributed by atoms with Crippen molar-refractivity contribution in [3.63, 3.8) is 0 Å². The van der Waals surface area contributed by atoms with Crippen LogP contribution in [-0.2, 0) is 20.9 Å². The number of rotatable bonds is 6. The van der Waals surface area contributed by atoms with Crippen molar-refractivity contribution in [2.24, 2.45) is 0 Å². The first-order chi connectivity index (χ1) is 16.1. The number of aromatic amines is 1. The van der Waals surface area contributed by atoms with Crippen LogP contribution in [0.15, 0.2) is 53.3 Å². The molecule has 9 nitrogen and oxygen atoms in total. The largest absolute Gasteiger partial charge is 0.482 e. The minimum Gasteiger partial charge on any atom is -0.482 e. The third-order valence-corrected chi connectivity index (χ3v) is 5.90. The monoisotopic (exact) mass is 448 g/mol. The molecule has 2 aliphatic heterocycles. The number of carbonyl (C=O) groups excluding carboxylic acids is 2. The molecule has 9 heteroatoms. The van der Waals surface area contributed by atoms with E-state index in [1.807, 2.05) is 12.1 Å². The first-order valence-corrected chi connectivity index (χ1v) is 11.0. The van der Waals surface area contributed by atoms with Gasteiger partial charge in [-0.1, -0.05) is 24.3 Å². The predicted octanol–water partition coefficient (Wildman–Crippen LogP) is 1.86. The van der Waals surface area contributed by atoms with E-state index in [1.165, 1.54) is 4.90 Å². The number of hydrogen-bond acceptors (Lipinski definition) is 6. The number of nitrogens with one attached hydrogen (secondary N) is 1. The van der Waals surface area contributed by atoms with Crippen LogP contribution in [0.25, 0.3) is 10.9 Å². The summed E-state index contributed by atoms with van der Waals surface area (Å²) in [7, 11) is 0. The van der Waals surface area contributed by atoms with Crippen LogP contribution in [0.3, 0.4) is 0 Å². The zero-order chi connectivity index (χ0) is 22.8. The molecule has 0 aliphatic carbocycles. The van der Waals surface area contributed by atoms with E-state index in [9.17, 15) is 14.4 Å². The summed E-state index contributed by atoms with van der Waals surface area (Å²) in [5, 5.41) is 0.494. The van der Waals surface area contributed by atoms with Crippen molar-refractivity contribution in [1.82, 2.24) is 14.9 Å². The fraction of sp³-hybridized carbons (Fsp3) is 0.333. The van der Waals surface area contributed by atoms with Gasteiger partial charge in [-0.15, -0.1) is 0 Å². The quantitative estimate of drug-likeness (QED) is 0.617. The van der Waals surface area contributed by atoms with Gasteiger partial charge in [0.25, 0.3) is 11.5 Å². The molecule has 1 atom stereocenters. The van der Waals surface area contributed by atoms with E-state index in [2.05, 4.69) is 9.97 Å². The first-order valence-electron chi connectivity index (χ1n) is 11.0. The minimum atomic E-state index is -0.281. The van der Waals surface area contributed by atoms with Crippen LogP contribution in [0.4, 0.5) is 5.69 Å². The van der Waals surface area contributed by atoms with Crippen molar-refractivity contribution in [2.75, 3.05) is 31.2 Å². The van der Waals surface area contributed by atoms with Crippen LogP contribution in [0.5, 0.6) is 5.75 Å². The second-order valence-corrected chi connectivity index (χ2v) is 8.18. The Hall–Kier alpha value is -3.72. The van der Waals surface area contributed by atoms with Crippen LogP contribution in [-0.4, -0.2) is 59.1 Å². The molecule has 0 unspecified atom stereocenters. The first kappa shape index (κ1) is 21.1. The average Bonchev–Trinajstić information content (AvgIpc) is 3.34. The molecule has 2 aromatic carbocycles. The number of para-hydroxylation sites is 3. The summed E-state index contributed by atoms with van der Waals surface area (Å²) in [4.78, 5) is 48.9. The van der Waals surface area contributed by atoms with Gasteiger partial charge in [0.1, 0.15) is 18.1 Å². The van der Waals surface area contributed by atoms with Crippen LogP contribution in [0, 0.1) is 0 Å². The van der Waals surface area contributed by atoms with E-state index in [-0.39, 0.29) is 43.2 Å². The van der Waals surface area contributed by atoms with Gasteiger partial charge in [0, 0.05) is 13.2 Å². The highest BCUT2D eigenvalue weighted by molar-refractivity contribution is 6.02. The van der Waals surface area contributed by atoms with Gasteiger partial charge < -0.3 is 19.4 Å². The van der Waals surface area contributed by atoms with Crippen molar-refractivity contribution in [2.45, 2.75) is 25.5 Å². The lowest BCUT2D eigenvalue weighted by molar-refractivity contribution is -0.134. The lowest BCUT2D eigenvalue weighted by Gasteiger charge is -2.32. The van der Waals surface area contributed by atoms with Gasteiger partial charge in [0.05, 0.1) is 29.2 Å². The maximum Gasteiger partial charge on any atom is 0.265 e. The SMILES string of the molecule is O=C(CN1C(=O)COc2ccccc21)N(Cc1nc2ccccc2c(=O)[nH]1)C[C@@H]1CCCO1. The van der Waals surface area contributed by atoms with Gasteiger partial charge in [-0.25, -0.2) is 4.98 Å². The smallest absolute Gasteiger partial charge is 0.265 e. The maximum atomic E-state index is 13.4. The van der Waals surface area contributed by atoms with E-state index in [0.717, 1.165) is 12.8 Å². The fourth-order valence-corrected chi connectivity index (χ4v) is 4.24. The molecule has 2 aliphatic rings. The summed E-state index contributed by atoms with van der Waals surface area (Å²) in [6.07, 6.45) is 1.70. The molecule has 0 spiro atoms. The summed E-state index contributed by atoms with van der Waals surface area (Å²) >= 11 is 0. The highest BCUT2D eigenvalue weighted by Gasteiger charge is 2.30. The predicted molar refractivity (Wildman–Crippen MR) is 121 cm³/mol. The number of ether oxygens (including phenoxy) is 2. The minimum absolute atomic E-state index is 0.0891. The number of fused-ring (bicyclic) bond motifs is 2. The molecule has 1 saturated heterocycles. The lowest BCUT2D eigenvalue weighted by atomic mass is 10.2. The highest BCUT2D eigenvalue weighted by Crippen LogP contribution is 2.31. The van der Waals surface area contributed by atoms with Crippen LogP contribution >= 0.6 is 0 Å². The maximum absolute atomic E-state index is 13.4. The molecule has 1 N–H and O–H groups in total. The molecule has 2 amide bonds. The molecule has 0 radical (unpaired) electrons. The fourth-order valence-electron chi connectivity index (χ4n) is 4.24. The van der Waals surface area contributed by atoms with Gasteiger partial charge in [0.2, 0.25) is 5.91 Å². The standard InChI is InChI=1S/C24H24N4O5/c29-22(14-28-19-9-3-4-10-20(19)33-15-23(28)30)27(12-16-6-5-11-32-16)13-21-25-18-8-2-1-7-17(18)24(31)26-21/h1-4,7-10,16H,5-6,11-15H2,(H,25,26,31)/t16-/m0/s1. The van der Waals surface area contributed by atoms with Gasteiger partial charge in [-0.2, -0.15) is 0 Å². The summed E-state index contributed by atoms with van der Waals surface area (Å²) < 4.78 is 11.2. The van der Waals surface area contributed by atoms with Crippen LogP contribution < -0.4 is 15.2 Å². The summed E-state index contributed by atoms with van der Waals surface area (Å²) in [5.74, 6) is 0.414. The third-order valence-electron chi connectivity index (χ3n) is 5.90. The zero-order valence-electron chi connectivity index (χ0n) is 18.0. The number of aromatic nitrogens is 2. The molecular formula is C24H24N4O5. The number of anilines is 1. The summed E-state index contributed by atoms with van der Waals surface area (Å²) in [6, 6.07) is 14.2. The van der Waals surface area contributed by atoms with Gasteiger partial charge in [0.15, 0.2) is 6.61 Å². The van der Waals surface area contributed by atoms with Crippen LogP contribution in [0.2, 0.25) is 0 Å². The highest BCUT2D eigenvalue weighted by atomic mass is 16.5. The Bertz CT molecular complexity index is 1250. The molecular weight excluding hydrogens is 424 g/mol. The van der Waals surface area contributed by atoms with E-state index >= 15 is 0 Å². The van der Waals surface area contributed by atoms with Gasteiger partial charge >= 0.3 is 0 Å². The second-order valence-electron chi connectivity index (χ2n) is 8.18. The summed E-state index contributed by atoms with van der Waals surface area (Å²) in [6.45, 7) is 0.876. The molecule has 5 rings (SSSR count). The molecule has 0 bridgehead atoms. The zero-order valence-corrected chi connectivity index (χ0v) is 18.0. The van der Waals surface area contributed by atoms with Crippen LogP contribution in [0.1, 0.15) is 18.7 Å². The third kappa shape index (κ3) is 4.45.